The van der Waals surface area contributed by atoms with Gasteiger partial charge in [0.1, 0.15) is 0 Å². The lowest BCUT2D eigenvalue weighted by molar-refractivity contribution is 1.18. The van der Waals surface area contributed by atoms with Crippen molar-refractivity contribution in [3.05, 3.63) is 163 Å². The highest BCUT2D eigenvalue weighted by Gasteiger charge is 2.41. The molecular weight excluding hydrogens is 501 g/mol. The SMILES string of the molecule is N#Cc1ccc([Si](c2ccccc2)(c2ccccc2)c2ccc3c(c2)c2ccccc2n3-c2ccccc2)cc1. The molecule has 0 N–H and O–H groups in total. The van der Waals surface area contributed by atoms with E-state index in [0.29, 0.717) is 5.56 Å². The molecule has 0 saturated carbocycles. The third-order valence-electron chi connectivity index (χ3n) is 7.98. The third kappa shape index (κ3) is 3.70. The van der Waals surface area contributed by atoms with Crippen LogP contribution in [0.1, 0.15) is 5.56 Å². The Hall–Kier alpha value is -5.17. The first-order chi connectivity index (χ1) is 19.8. The van der Waals surface area contributed by atoms with Gasteiger partial charge in [0, 0.05) is 16.5 Å². The molecule has 0 fully saturated rings. The fourth-order valence-electron chi connectivity index (χ4n) is 6.23. The Balaban J connectivity index is 1.60. The van der Waals surface area contributed by atoms with E-state index in [1.165, 1.54) is 42.6 Å². The van der Waals surface area contributed by atoms with Gasteiger partial charge in [0.25, 0.3) is 0 Å². The Kier molecular flexibility index (Phi) is 5.89. The van der Waals surface area contributed by atoms with Gasteiger partial charge in [-0.2, -0.15) is 5.26 Å². The van der Waals surface area contributed by atoms with E-state index < -0.39 is 8.07 Å². The average molecular weight is 527 g/mol. The van der Waals surface area contributed by atoms with Crippen LogP contribution in [-0.4, -0.2) is 12.6 Å². The number of nitriles is 1. The molecule has 0 spiro atoms. The maximum atomic E-state index is 9.56. The van der Waals surface area contributed by atoms with Crippen molar-refractivity contribution in [1.82, 2.24) is 4.57 Å². The Labute approximate surface area is 235 Å². The lowest BCUT2D eigenvalue weighted by Gasteiger charge is -2.34. The molecular formula is C37H26N2Si. The summed E-state index contributed by atoms with van der Waals surface area (Å²) < 4.78 is 2.37. The average Bonchev–Trinajstić information content (AvgIpc) is 3.37. The largest absolute Gasteiger partial charge is 0.309 e. The van der Waals surface area contributed by atoms with E-state index in [9.17, 15) is 5.26 Å². The summed E-state index contributed by atoms with van der Waals surface area (Å²) in [6.45, 7) is 0. The van der Waals surface area contributed by atoms with E-state index in [1.807, 2.05) is 12.1 Å². The zero-order valence-electron chi connectivity index (χ0n) is 21.9. The van der Waals surface area contributed by atoms with Gasteiger partial charge < -0.3 is 4.57 Å². The highest BCUT2D eigenvalue weighted by Crippen LogP contribution is 2.31. The van der Waals surface area contributed by atoms with Crippen LogP contribution in [0.15, 0.2) is 158 Å². The van der Waals surface area contributed by atoms with E-state index >= 15 is 0 Å². The zero-order chi connectivity index (χ0) is 26.9. The van der Waals surface area contributed by atoms with Crippen molar-refractivity contribution < 1.29 is 0 Å². The molecule has 0 aliphatic rings. The van der Waals surface area contributed by atoms with Gasteiger partial charge in [-0.3, -0.25) is 0 Å². The Morgan fingerprint density at radius 1 is 0.450 bits per heavy atom. The van der Waals surface area contributed by atoms with Gasteiger partial charge >= 0.3 is 0 Å². The molecule has 1 heterocycles. The number of hydrogen-bond donors (Lipinski definition) is 0. The van der Waals surface area contributed by atoms with E-state index in [1.54, 1.807) is 0 Å². The fraction of sp³-hybridized carbons (Fsp3) is 0. The van der Waals surface area contributed by atoms with Crippen LogP contribution >= 0.6 is 0 Å². The summed E-state index contributed by atoms with van der Waals surface area (Å²) in [5.41, 5.74) is 4.23. The molecule has 0 unspecified atom stereocenters. The Morgan fingerprint density at radius 3 is 1.57 bits per heavy atom. The van der Waals surface area contributed by atoms with Crippen LogP contribution in [0.3, 0.4) is 0 Å². The second-order valence-corrected chi connectivity index (χ2v) is 13.9. The van der Waals surface area contributed by atoms with Gasteiger partial charge in [0.2, 0.25) is 0 Å². The van der Waals surface area contributed by atoms with Crippen molar-refractivity contribution in [3.8, 4) is 11.8 Å². The highest BCUT2D eigenvalue weighted by molar-refractivity contribution is 7.20. The summed E-state index contributed by atoms with van der Waals surface area (Å²) in [4.78, 5) is 0. The van der Waals surface area contributed by atoms with Gasteiger partial charge in [-0.25, -0.2) is 0 Å². The summed E-state index contributed by atoms with van der Waals surface area (Å²) >= 11 is 0. The smallest absolute Gasteiger partial charge is 0.179 e. The van der Waals surface area contributed by atoms with Gasteiger partial charge in [0.15, 0.2) is 8.07 Å². The minimum Gasteiger partial charge on any atom is -0.309 e. The monoisotopic (exact) mass is 526 g/mol. The van der Waals surface area contributed by atoms with E-state index in [2.05, 4.69) is 156 Å². The number of para-hydroxylation sites is 2. The molecule has 6 aromatic carbocycles. The minimum absolute atomic E-state index is 0.675. The van der Waals surface area contributed by atoms with Gasteiger partial charge in [0.05, 0.1) is 22.7 Å². The number of benzene rings is 6. The van der Waals surface area contributed by atoms with Gasteiger partial charge in [-0.1, -0.05) is 121 Å². The summed E-state index contributed by atoms with van der Waals surface area (Å²) in [5.74, 6) is 0. The van der Waals surface area contributed by atoms with Crippen molar-refractivity contribution in [2.45, 2.75) is 0 Å². The molecule has 40 heavy (non-hydrogen) atoms. The quantitative estimate of drug-likeness (QED) is 0.199. The molecule has 0 bridgehead atoms. The Morgan fingerprint density at radius 2 is 0.950 bits per heavy atom. The predicted octanol–water partition coefficient (Wildman–Crippen LogP) is 6.03. The van der Waals surface area contributed by atoms with Crippen molar-refractivity contribution in [2.24, 2.45) is 0 Å². The molecule has 7 aromatic rings. The van der Waals surface area contributed by atoms with E-state index in [0.717, 1.165) is 5.69 Å². The minimum atomic E-state index is -2.73. The van der Waals surface area contributed by atoms with Crippen LogP contribution in [0.2, 0.25) is 0 Å². The summed E-state index contributed by atoms with van der Waals surface area (Å²) in [6.07, 6.45) is 0. The first kappa shape index (κ1) is 23.9. The van der Waals surface area contributed by atoms with Crippen LogP contribution < -0.4 is 20.7 Å². The van der Waals surface area contributed by atoms with Crippen molar-refractivity contribution in [3.63, 3.8) is 0 Å². The Bertz CT molecular complexity index is 1950. The number of nitrogens with zero attached hydrogens (tertiary/aromatic N) is 2. The first-order valence-electron chi connectivity index (χ1n) is 13.5. The molecule has 0 atom stereocenters. The molecule has 0 radical (unpaired) electrons. The lowest BCUT2D eigenvalue weighted by atomic mass is 10.1. The second-order valence-electron chi connectivity index (χ2n) is 10.1. The fourth-order valence-corrected chi connectivity index (χ4v) is 11.0. The molecule has 2 nitrogen and oxygen atoms in total. The van der Waals surface area contributed by atoms with Crippen LogP contribution in [-0.2, 0) is 0 Å². The van der Waals surface area contributed by atoms with Crippen LogP contribution in [0.5, 0.6) is 0 Å². The molecule has 188 valence electrons. The molecule has 0 aliphatic carbocycles. The summed E-state index contributed by atoms with van der Waals surface area (Å²) in [7, 11) is -2.73. The zero-order valence-corrected chi connectivity index (χ0v) is 22.9. The molecule has 1 aromatic heterocycles. The molecule has 3 heteroatoms. The molecule has 7 rings (SSSR count). The predicted molar refractivity (Wildman–Crippen MR) is 169 cm³/mol. The highest BCUT2D eigenvalue weighted by atomic mass is 28.3. The summed E-state index contributed by atoms with van der Waals surface area (Å²) in [6, 6.07) is 58.7. The van der Waals surface area contributed by atoms with Crippen molar-refractivity contribution in [2.75, 3.05) is 0 Å². The normalized spacial score (nSPS) is 11.5. The van der Waals surface area contributed by atoms with Crippen molar-refractivity contribution >= 4 is 50.6 Å². The van der Waals surface area contributed by atoms with E-state index in [4.69, 9.17) is 0 Å². The van der Waals surface area contributed by atoms with Crippen LogP contribution in [0.4, 0.5) is 0 Å². The standard InChI is InChI=1S/C37H26N2Si/c38-27-28-20-22-32(23-21-28)40(30-14-6-2-7-15-30,31-16-8-3-9-17-31)33-24-25-37-35(26-33)34-18-10-11-19-36(34)39(37)29-12-4-1-5-13-29/h1-26H. The third-order valence-corrected chi connectivity index (χ3v) is 12.8. The number of fused-ring (bicyclic) bond motifs is 3. The number of rotatable bonds is 5. The second kappa shape index (κ2) is 9.85. The number of aromatic nitrogens is 1. The topological polar surface area (TPSA) is 28.7 Å². The maximum absolute atomic E-state index is 9.56. The van der Waals surface area contributed by atoms with Gasteiger partial charge in [-0.05, 0) is 57.1 Å². The molecule has 0 saturated heterocycles. The summed E-state index contributed by atoms with van der Waals surface area (Å²) in [5, 5.41) is 17.3. The first-order valence-corrected chi connectivity index (χ1v) is 15.5. The van der Waals surface area contributed by atoms with Crippen LogP contribution in [0, 0.1) is 11.3 Å². The van der Waals surface area contributed by atoms with Gasteiger partial charge in [-0.15, -0.1) is 0 Å². The molecule has 0 amide bonds. The number of hydrogen-bond acceptors (Lipinski definition) is 1. The van der Waals surface area contributed by atoms with Crippen molar-refractivity contribution in [1.29, 1.82) is 5.26 Å². The lowest BCUT2D eigenvalue weighted by Crippen LogP contribution is -2.74. The van der Waals surface area contributed by atoms with E-state index in [-0.39, 0.29) is 0 Å². The van der Waals surface area contributed by atoms with Crippen LogP contribution in [0.25, 0.3) is 27.5 Å². The maximum Gasteiger partial charge on any atom is 0.179 e. The molecule has 0 aliphatic heterocycles.